The Morgan fingerprint density at radius 3 is 2.30 bits per heavy atom. The summed E-state index contributed by atoms with van der Waals surface area (Å²) in [6, 6.07) is 31.9. The zero-order valence-electron chi connectivity index (χ0n) is 20.3. The van der Waals surface area contributed by atoms with Gasteiger partial charge in [-0.2, -0.15) is 0 Å². The smallest absolute Gasteiger partial charge is 0.264 e. The number of nitrogens with one attached hydrogen (secondary N) is 1. The van der Waals surface area contributed by atoms with E-state index in [1.807, 2.05) is 61.5 Å². The van der Waals surface area contributed by atoms with Crippen LogP contribution in [0, 0.1) is 5.82 Å². The van der Waals surface area contributed by atoms with Gasteiger partial charge in [-0.05, 0) is 59.2 Å². The van der Waals surface area contributed by atoms with E-state index < -0.39 is 10.0 Å². The minimum Gasteiger partial charge on any atom is -0.363 e. The van der Waals surface area contributed by atoms with Gasteiger partial charge in [-0.15, -0.1) is 0 Å². The Bertz CT molecular complexity index is 1620. The van der Waals surface area contributed by atoms with Crippen LogP contribution in [0.2, 0.25) is 0 Å². The molecule has 0 saturated carbocycles. The van der Waals surface area contributed by atoms with E-state index in [1.165, 1.54) is 16.4 Å². The molecule has 5 nitrogen and oxygen atoms in total. The number of halogens is 1. The van der Waals surface area contributed by atoms with Crippen LogP contribution in [0.15, 0.2) is 120 Å². The molecule has 0 aliphatic rings. The number of pyridine rings is 1. The van der Waals surface area contributed by atoms with Gasteiger partial charge in [0, 0.05) is 18.3 Å². The molecule has 5 aromatic rings. The molecule has 0 amide bonds. The topological polar surface area (TPSA) is 62.3 Å². The lowest BCUT2D eigenvalue weighted by atomic mass is 10.1. The largest absolute Gasteiger partial charge is 0.363 e. The molecule has 0 radical (unpaired) electrons. The van der Waals surface area contributed by atoms with Crippen LogP contribution in [0.1, 0.15) is 24.1 Å². The summed E-state index contributed by atoms with van der Waals surface area (Å²) in [6.45, 7) is 2.05. The molecule has 0 aliphatic heterocycles. The van der Waals surface area contributed by atoms with Crippen LogP contribution in [0.5, 0.6) is 0 Å². The number of benzene rings is 4. The zero-order valence-corrected chi connectivity index (χ0v) is 21.1. The average molecular weight is 512 g/mol. The van der Waals surface area contributed by atoms with Crippen molar-refractivity contribution in [3.8, 4) is 0 Å². The minimum absolute atomic E-state index is 0.0349. The maximum Gasteiger partial charge on any atom is 0.264 e. The first-order chi connectivity index (χ1) is 17.9. The fraction of sp³-hybridized carbons (Fsp3) is 0.100. The number of sulfonamides is 1. The van der Waals surface area contributed by atoms with Crippen LogP contribution in [-0.4, -0.2) is 13.4 Å². The van der Waals surface area contributed by atoms with Gasteiger partial charge in [-0.1, -0.05) is 72.8 Å². The quantitative estimate of drug-likeness (QED) is 0.245. The van der Waals surface area contributed by atoms with Gasteiger partial charge in [0.15, 0.2) is 0 Å². The van der Waals surface area contributed by atoms with E-state index in [-0.39, 0.29) is 23.3 Å². The van der Waals surface area contributed by atoms with Crippen LogP contribution in [0.25, 0.3) is 10.8 Å². The molecule has 5 rings (SSSR count). The Morgan fingerprint density at radius 2 is 1.54 bits per heavy atom. The first kappa shape index (κ1) is 24.5. The van der Waals surface area contributed by atoms with Gasteiger partial charge < -0.3 is 5.32 Å². The molecule has 0 spiro atoms. The molecule has 0 fully saturated rings. The van der Waals surface area contributed by atoms with Gasteiger partial charge in [-0.25, -0.2) is 17.8 Å². The monoisotopic (exact) mass is 511 g/mol. The first-order valence-corrected chi connectivity index (χ1v) is 13.4. The Morgan fingerprint density at radius 1 is 0.838 bits per heavy atom. The Kier molecular flexibility index (Phi) is 6.88. The number of hydrogen-bond donors (Lipinski definition) is 1. The lowest BCUT2D eigenvalue weighted by Gasteiger charge is -2.26. The Balaban J connectivity index is 1.53. The highest BCUT2D eigenvalue weighted by Gasteiger charge is 2.26. The lowest BCUT2D eigenvalue weighted by molar-refractivity contribution is 0.590. The summed E-state index contributed by atoms with van der Waals surface area (Å²) in [4.78, 5) is 4.60. The standard InChI is InChI=1S/C30H26FN3O2S/c1-22(24-7-3-2-4-8-24)33-30-20-28(17-18-32-30)34(21-23-11-14-27(31)15-12-23)37(35,36)29-16-13-25-9-5-6-10-26(25)19-29/h2-20,22H,21H2,1H3,(H,32,33)/t22-/m0/s1. The molecular weight excluding hydrogens is 485 g/mol. The number of rotatable bonds is 8. The third-order valence-corrected chi connectivity index (χ3v) is 8.01. The van der Waals surface area contributed by atoms with E-state index >= 15 is 0 Å². The normalized spacial score (nSPS) is 12.3. The van der Waals surface area contributed by atoms with E-state index in [0.717, 1.165) is 16.3 Å². The van der Waals surface area contributed by atoms with Crippen molar-refractivity contribution in [1.29, 1.82) is 0 Å². The van der Waals surface area contributed by atoms with Gasteiger partial charge in [0.05, 0.1) is 17.1 Å². The summed E-state index contributed by atoms with van der Waals surface area (Å²) >= 11 is 0. The molecule has 0 aliphatic carbocycles. The second kappa shape index (κ2) is 10.4. The average Bonchev–Trinajstić information content (AvgIpc) is 2.93. The number of anilines is 2. The molecule has 7 heteroatoms. The SMILES string of the molecule is C[C@H](Nc1cc(N(Cc2ccc(F)cc2)S(=O)(=O)c2ccc3ccccc3c2)ccn1)c1ccccc1. The number of fused-ring (bicyclic) bond motifs is 1. The number of aromatic nitrogens is 1. The third-order valence-electron chi connectivity index (χ3n) is 6.24. The van der Waals surface area contributed by atoms with Crippen molar-refractivity contribution in [2.45, 2.75) is 24.4 Å². The maximum atomic E-state index is 14.0. The summed E-state index contributed by atoms with van der Waals surface area (Å²) in [5.74, 6) is 0.171. The van der Waals surface area contributed by atoms with Crippen LogP contribution in [0.3, 0.4) is 0 Å². The van der Waals surface area contributed by atoms with Gasteiger partial charge in [-0.3, -0.25) is 4.31 Å². The minimum atomic E-state index is -3.97. The number of hydrogen-bond acceptors (Lipinski definition) is 4. The van der Waals surface area contributed by atoms with Gasteiger partial charge in [0.25, 0.3) is 10.0 Å². The van der Waals surface area contributed by atoms with Crippen molar-refractivity contribution in [1.82, 2.24) is 4.98 Å². The second-order valence-electron chi connectivity index (χ2n) is 8.82. The second-order valence-corrected chi connectivity index (χ2v) is 10.7. The van der Waals surface area contributed by atoms with E-state index in [1.54, 1.807) is 48.7 Å². The zero-order chi connectivity index (χ0) is 25.8. The van der Waals surface area contributed by atoms with E-state index in [9.17, 15) is 12.8 Å². The summed E-state index contributed by atoms with van der Waals surface area (Å²) in [6.07, 6.45) is 1.59. The summed E-state index contributed by atoms with van der Waals surface area (Å²) in [7, 11) is -3.97. The molecule has 1 N–H and O–H groups in total. The molecule has 1 atom stereocenters. The van der Waals surface area contributed by atoms with Crippen molar-refractivity contribution in [3.05, 3.63) is 132 Å². The maximum absolute atomic E-state index is 14.0. The molecule has 0 saturated heterocycles. The van der Waals surface area contributed by atoms with Crippen molar-refractivity contribution in [3.63, 3.8) is 0 Å². The van der Waals surface area contributed by atoms with Crippen LogP contribution in [0.4, 0.5) is 15.9 Å². The first-order valence-electron chi connectivity index (χ1n) is 11.9. The van der Waals surface area contributed by atoms with E-state index in [0.29, 0.717) is 17.1 Å². The molecule has 4 aromatic carbocycles. The van der Waals surface area contributed by atoms with Gasteiger partial charge in [0.1, 0.15) is 11.6 Å². The molecule has 1 heterocycles. The Labute approximate surface area is 216 Å². The predicted octanol–water partition coefficient (Wildman–Crippen LogP) is 6.94. The molecule has 37 heavy (non-hydrogen) atoms. The van der Waals surface area contributed by atoms with Crippen molar-refractivity contribution in [2.24, 2.45) is 0 Å². The van der Waals surface area contributed by atoms with Crippen LogP contribution in [-0.2, 0) is 16.6 Å². The highest BCUT2D eigenvalue weighted by molar-refractivity contribution is 7.92. The summed E-state index contributed by atoms with van der Waals surface area (Å²) in [5.41, 5.74) is 2.20. The highest BCUT2D eigenvalue weighted by atomic mass is 32.2. The van der Waals surface area contributed by atoms with Gasteiger partial charge >= 0.3 is 0 Å². The number of nitrogens with zero attached hydrogens (tertiary/aromatic N) is 2. The van der Waals surface area contributed by atoms with Crippen molar-refractivity contribution >= 4 is 32.3 Å². The lowest BCUT2D eigenvalue weighted by Crippen LogP contribution is -2.30. The highest BCUT2D eigenvalue weighted by Crippen LogP contribution is 2.30. The van der Waals surface area contributed by atoms with Crippen LogP contribution >= 0.6 is 0 Å². The Hall–Kier alpha value is -4.23. The van der Waals surface area contributed by atoms with Crippen LogP contribution < -0.4 is 9.62 Å². The summed E-state index contributed by atoms with van der Waals surface area (Å²) < 4.78 is 42.9. The molecule has 0 bridgehead atoms. The molecular formula is C30H26FN3O2S. The van der Waals surface area contributed by atoms with Crippen molar-refractivity contribution in [2.75, 3.05) is 9.62 Å². The predicted molar refractivity (Wildman–Crippen MR) is 146 cm³/mol. The third kappa shape index (κ3) is 5.47. The molecule has 1 aromatic heterocycles. The fourth-order valence-electron chi connectivity index (χ4n) is 4.23. The van der Waals surface area contributed by atoms with Crippen molar-refractivity contribution < 1.29 is 12.8 Å². The summed E-state index contributed by atoms with van der Waals surface area (Å²) in [5, 5.41) is 5.15. The van der Waals surface area contributed by atoms with E-state index in [2.05, 4.69) is 10.3 Å². The molecule has 0 unspecified atom stereocenters. The van der Waals surface area contributed by atoms with Gasteiger partial charge in [0.2, 0.25) is 0 Å². The fourth-order valence-corrected chi connectivity index (χ4v) is 5.71. The molecule has 186 valence electrons. The van der Waals surface area contributed by atoms with E-state index in [4.69, 9.17) is 0 Å².